The lowest BCUT2D eigenvalue weighted by molar-refractivity contribution is 0.444. The average Bonchev–Trinajstić information content (AvgIpc) is 2.90. The first-order valence-corrected chi connectivity index (χ1v) is 6.42. The first-order valence-electron chi connectivity index (χ1n) is 6.42. The lowest BCUT2D eigenvalue weighted by atomic mass is 10.1. The van der Waals surface area contributed by atoms with Crippen molar-refractivity contribution >= 4 is 0 Å². The van der Waals surface area contributed by atoms with Gasteiger partial charge in [0, 0.05) is 13.0 Å². The van der Waals surface area contributed by atoms with Crippen LogP contribution in [0.1, 0.15) is 19.2 Å². The van der Waals surface area contributed by atoms with Gasteiger partial charge in [-0.05, 0) is 25.1 Å². The van der Waals surface area contributed by atoms with Gasteiger partial charge in [-0.2, -0.15) is 0 Å². The predicted octanol–water partition coefficient (Wildman–Crippen LogP) is 3.30. The maximum atomic E-state index is 13.6. The Morgan fingerprint density at radius 1 is 1.15 bits per heavy atom. The number of hydrogen-bond acceptors (Lipinski definition) is 3. The zero-order chi connectivity index (χ0) is 14.5. The van der Waals surface area contributed by atoms with E-state index in [-0.39, 0.29) is 11.3 Å². The summed E-state index contributed by atoms with van der Waals surface area (Å²) in [4.78, 5) is 3.99. The molecule has 20 heavy (non-hydrogen) atoms. The van der Waals surface area contributed by atoms with Gasteiger partial charge < -0.3 is 9.73 Å². The average molecular weight is 284 g/mol. The van der Waals surface area contributed by atoms with Gasteiger partial charge in [-0.3, -0.25) is 0 Å². The van der Waals surface area contributed by atoms with E-state index < -0.39 is 17.5 Å². The summed E-state index contributed by atoms with van der Waals surface area (Å²) in [5.41, 5.74) is -0.135. The van der Waals surface area contributed by atoms with Crippen molar-refractivity contribution in [3.05, 3.63) is 41.7 Å². The second-order valence-electron chi connectivity index (χ2n) is 4.34. The molecular weight excluding hydrogens is 269 g/mol. The highest BCUT2D eigenvalue weighted by Gasteiger charge is 2.17. The molecule has 1 aromatic heterocycles. The molecule has 0 bridgehead atoms. The third kappa shape index (κ3) is 3.19. The molecule has 0 spiro atoms. The van der Waals surface area contributed by atoms with Crippen molar-refractivity contribution in [3.63, 3.8) is 0 Å². The molecular formula is C14H15F3N2O. The Morgan fingerprint density at radius 3 is 2.70 bits per heavy atom. The maximum absolute atomic E-state index is 13.6. The smallest absolute Gasteiger partial charge is 0.196 e. The van der Waals surface area contributed by atoms with Crippen LogP contribution in [0.3, 0.4) is 0 Å². The fourth-order valence-electron chi connectivity index (χ4n) is 1.76. The third-order valence-electron chi connectivity index (χ3n) is 2.80. The molecule has 2 rings (SSSR count). The van der Waals surface area contributed by atoms with E-state index in [0.717, 1.165) is 25.1 Å². The second-order valence-corrected chi connectivity index (χ2v) is 4.34. The van der Waals surface area contributed by atoms with Crippen molar-refractivity contribution < 1.29 is 17.6 Å². The van der Waals surface area contributed by atoms with E-state index in [1.165, 1.54) is 6.20 Å². The Morgan fingerprint density at radius 2 is 1.95 bits per heavy atom. The standard InChI is InChI=1S/C14H15F3N2O/c1-2-6-18-7-5-12-19-8-11(20-12)9-3-4-10(15)14(17)13(9)16/h3-4,8,18H,2,5-7H2,1H3. The van der Waals surface area contributed by atoms with Crippen molar-refractivity contribution in [3.8, 4) is 11.3 Å². The van der Waals surface area contributed by atoms with Crippen LogP contribution in [-0.4, -0.2) is 18.1 Å². The number of aromatic nitrogens is 1. The van der Waals surface area contributed by atoms with E-state index in [0.29, 0.717) is 18.9 Å². The second kappa shape index (κ2) is 6.56. The number of halogens is 3. The van der Waals surface area contributed by atoms with E-state index in [4.69, 9.17) is 4.42 Å². The molecule has 0 radical (unpaired) electrons. The zero-order valence-corrected chi connectivity index (χ0v) is 11.0. The minimum absolute atomic E-state index is 0.0897. The largest absolute Gasteiger partial charge is 0.441 e. The molecule has 108 valence electrons. The van der Waals surface area contributed by atoms with Gasteiger partial charge in [0.15, 0.2) is 29.1 Å². The highest BCUT2D eigenvalue weighted by atomic mass is 19.2. The van der Waals surface area contributed by atoms with E-state index in [9.17, 15) is 13.2 Å². The van der Waals surface area contributed by atoms with Crippen molar-refractivity contribution in [1.29, 1.82) is 0 Å². The van der Waals surface area contributed by atoms with E-state index in [1.54, 1.807) is 0 Å². The first-order chi connectivity index (χ1) is 9.63. The SMILES string of the molecule is CCCNCCc1ncc(-c2ccc(F)c(F)c2F)o1. The van der Waals surface area contributed by atoms with Crippen LogP contribution in [0.4, 0.5) is 13.2 Å². The summed E-state index contributed by atoms with van der Waals surface area (Å²) in [6.07, 6.45) is 2.88. The van der Waals surface area contributed by atoms with Crippen LogP contribution < -0.4 is 5.32 Å². The van der Waals surface area contributed by atoms with Crippen LogP contribution in [0.15, 0.2) is 22.7 Å². The van der Waals surface area contributed by atoms with Gasteiger partial charge >= 0.3 is 0 Å². The van der Waals surface area contributed by atoms with Gasteiger partial charge in [0.1, 0.15) is 0 Å². The fourth-order valence-corrected chi connectivity index (χ4v) is 1.76. The molecule has 1 N–H and O–H groups in total. The van der Waals surface area contributed by atoms with Crippen molar-refractivity contribution in [2.75, 3.05) is 13.1 Å². The van der Waals surface area contributed by atoms with Crippen LogP contribution in [0.2, 0.25) is 0 Å². The highest BCUT2D eigenvalue weighted by molar-refractivity contribution is 5.57. The highest BCUT2D eigenvalue weighted by Crippen LogP contribution is 2.26. The van der Waals surface area contributed by atoms with Gasteiger partial charge in [0.25, 0.3) is 0 Å². The Bertz CT molecular complexity index is 584. The molecule has 0 aliphatic rings. The molecule has 0 aliphatic carbocycles. The number of hydrogen-bond donors (Lipinski definition) is 1. The molecule has 0 atom stereocenters. The molecule has 2 aromatic rings. The van der Waals surface area contributed by atoms with Crippen LogP contribution >= 0.6 is 0 Å². The van der Waals surface area contributed by atoms with Gasteiger partial charge in [-0.25, -0.2) is 18.2 Å². The summed E-state index contributed by atoms with van der Waals surface area (Å²) in [6.45, 7) is 3.64. The van der Waals surface area contributed by atoms with E-state index in [1.807, 2.05) is 0 Å². The molecule has 0 amide bonds. The lowest BCUT2D eigenvalue weighted by Gasteiger charge is -2.01. The summed E-state index contributed by atoms with van der Waals surface area (Å²) in [5.74, 6) is -3.49. The number of nitrogens with one attached hydrogen (secondary N) is 1. The number of rotatable bonds is 6. The quantitative estimate of drug-likeness (QED) is 0.653. The van der Waals surface area contributed by atoms with Crippen LogP contribution in [0, 0.1) is 17.5 Å². The van der Waals surface area contributed by atoms with Crippen LogP contribution in [0.25, 0.3) is 11.3 Å². The topological polar surface area (TPSA) is 38.1 Å². The normalized spacial score (nSPS) is 11.0. The van der Waals surface area contributed by atoms with Gasteiger partial charge in [0.05, 0.1) is 11.8 Å². The predicted molar refractivity (Wildman–Crippen MR) is 68.7 cm³/mol. The summed E-state index contributed by atoms with van der Waals surface area (Å²) in [6, 6.07) is 1.99. The minimum atomic E-state index is -1.51. The van der Waals surface area contributed by atoms with E-state index in [2.05, 4.69) is 17.2 Å². The molecule has 0 fully saturated rings. The first kappa shape index (κ1) is 14.6. The summed E-state index contributed by atoms with van der Waals surface area (Å²) in [5, 5.41) is 3.18. The molecule has 0 unspecified atom stereocenters. The van der Waals surface area contributed by atoms with Gasteiger partial charge in [-0.15, -0.1) is 0 Å². The van der Waals surface area contributed by atoms with E-state index >= 15 is 0 Å². The third-order valence-corrected chi connectivity index (χ3v) is 2.80. The Labute approximate surface area is 114 Å². The van der Waals surface area contributed by atoms with Crippen LogP contribution in [-0.2, 0) is 6.42 Å². The Balaban J connectivity index is 2.11. The fraction of sp³-hybridized carbons (Fsp3) is 0.357. The minimum Gasteiger partial charge on any atom is -0.441 e. The molecule has 0 aliphatic heterocycles. The maximum Gasteiger partial charge on any atom is 0.196 e. The van der Waals surface area contributed by atoms with Gasteiger partial charge in [0.2, 0.25) is 0 Å². The monoisotopic (exact) mass is 284 g/mol. The number of nitrogens with zero attached hydrogens (tertiary/aromatic N) is 1. The molecule has 1 heterocycles. The number of oxazole rings is 1. The molecule has 0 saturated heterocycles. The number of benzene rings is 1. The zero-order valence-electron chi connectivity index (χ0n) is 11.0. The van der Waals surface area contributed by atoms with Crippen molar-refractivity contribution in [2.24, 2.45) is 0 Å². The molecule has 0 saturated carbocycles. The lowest BCUT2D eigenvalue weighted by Crippen LogP contribution is -2.17. The Hall–Kier alpha value is -1.82. The van der Waals surface area contributed by atoms with Crippen LogP contribution in [0.5, 0.6) is 0 Å². The molecule has 6 heteroatoms. The van der Waals surface area contributed by atoms with Crippen molar-refractivity contribution in [1.82, 2.24) is 10.3 Å². The molecule has 3 nitrogen and oxygen atoms in total. The summed E-state index contributed by atoms with van der Waals surface area (Å²) >= 11 is 0. The Kier molecular flexibility index (Phi) is 4.79. The summed E-state index contributed by atoms with van der Waals surface area (Å²) < 4.78 is 44.9. The molecule has 1 aromatic carbocycles. The van der Waals surface area contributed by atoms with Crippen molar-refractivity contribution in [2.45, 2.75) is 19.8 Å². The van der Waals surface area contributed by atoms with Gasteiger partial charge in [-0.1, -0.05) is 6.92 Å². The summed E-state index contributed by atoms with van der Waals surface area (Å²) in [7, 11) is 0.